The van der Waals surface area contributed by atoms with Crippen molar-refractivity contribution in [3.05, 3.63) is 29.7 Å². The van der Waals surface area contributed by atoms with Gasteiger partial charge in [-0.25, -0.2) is 0 Å². The molecule has 2 bridgehead atoms. The molecule has 4 rings (SSSR count). The van der Waals surface area contributed by atoms with Gasteiger partial charge in [0.05, 0.1) is 0 Å². The molecule has 1 spiro atoms. The fourth-order valence-electron chi connectivity index (χ4n) is 5.91. The Morgan fingerprint density at radius 2 is 1.96 bits per heavy atom. The van der Waals surface area contributed by atoms with Crippen LogP contribution in [0, 0.1) is 24.2 Å². The Hall–Kier alpha value is 0.135. The molecule has 0 aromatic rings. The standard InChI is InChI=1S/C22H31O3.ClH.Hg/c1-13-7-8-17-16(13)12-22-18(14(2)9-10-20(22,4)5)11-19(24-15(3)23)21(17,6)25-22;;/h12-13,17,19H,1,7-11H2,2-6H3;1H;/q;;+1/p-1/t13-,17?,19+,21+,22-;;/m0../s1. The monoisotopic (exact) mass is 580 g/mol. The minimum Gasteiger partial charge on any atom is -1.00 e. The van der Waals surface area contributed by atoms with Crippen LogP contribution < -0.4 is 12.4 Å². The van der Waals surface area contributed by atoms with Crippen LogP contribution in [0.1, 0.15) is 66.7 Å². The van der Waals surface area contributed by atoms with Crippen LogP contribution >= 0.6 is 0 Å². The Bertz CT molecular complexity index is 698. The number of ether oxygens (including phenoxy) is 2. The molecule has 2 radical (unpaired) electrons. The topological polar surface area (TPSA) is 35.5 Å². The number of esters is 1. The molecule has 146 valence electrons. The van der Waals surface area contributed by atoms with Gasteiger partial charge in [0, 0.05) is 24.7 Å². The van der Waals surface area contributed by atoms with Gasteiger partial charge in [0.2, 0.25) is 0 Å². The van der Waals surface area contributed by atoms with Crippen molar-refractivity contribution in [2.75, 3.05) is 0 Å². The van der Waals surface area contributed by atoms with Gasteiger partial charge in [-0.2, -0.15) is 0 Å². The number of hydrogen-bond donors (Lipinski definition) is 0. The molecule has 0 N–H and O–H groups in total. The minimum atomic E-state index is -0.458. The normalized spacial score (nSPS) is 41.4. The number of halogens is 1. The first-order chi connectivity index (χ1) is 11.6. The molecule has 0 aromatic carbocycles. The van der Waals surface area contributed by atoms with Crippen LogP contribution in [0.15, 0.2) is 22.8 Å². The van der Waals surface area contributed by atoms with Gasteiger partial charge in [-0.05, 0) is 64.0 Å². The number of hydrogen-bond acceptors (Lipinski definition) is 3. The van der Waals surface area contributed by atoms with Crippen molar-refractivity contribution in [2.24, 2.45) is 17.3 Å². The average molecular weight is 580 g/mol. The molecule has 2 heterocycles. The molecule has 2 aliphatic carbocycles. The molecule has 5 atom stereocenters. The molecule has 1 saturated heterocycles. The summed E-state index contributed by atoms with van der Waals surface area (Å²) in [6.07, 6.45) is 7.40. The quantitative estimate of drug-likeness (QED) is 0.270. The molecule has 0 aromatic heterocycles. The predicted molar refractivity (Wildman–Crippen MR) is 97.8 cm³/mol. The Morgan fingerprint density at radius 3 is 2.59 bits per heavy atom. The number of allylic oxidation sites excluding steroid dienone is 1. The molecule has 0 amide bonds. The number of carbonyl (C=O) groups excluding carboxylic acids is 1. The van der Waals surface area contributed by atoms with E-state index in [1.807, 2.05) is 0 Å². The smallest absolute Gasteiger partial charge is 1.00 e. The Kier molecular flexibility index (Phi) is 6.44. The second-order valence-electron chi connectivity index (χ2n) is 9.44. The molecule has 1 saturated carbocycles. The van der Waals surface area contributed by atoms with Crippen LogP contribution in [0.4, 0.5) is 0 Å². The Morgan fingerprint density at radius 1 is 1.30 bits per heavy atom. The molecule has 2 aliphatic heterocycles. The molecule has 1 unspecified atom stereocenters. The Balaban J connectivity index is 0.00000131. The van der Waals surface area contributed by atoms with Gasteiger partial charge < -0.3 is 21.9 Å². The summed E-state index contributed by atoms with van der Waals surface area (Å²) in [6.45, 7) is 15.0. The zero-order valence-corrected chi connectivity index (χ0v) is 23.6. The molecule has 3 nitrogen and oxygen atoms in total. The third-order valence-electron chi connectivity index (χ3n) is 7.55. The van der Waals surface area contributed by atoms with Crippen LogP contribution in [0.3, 0.4) is 0 Å². The first kappa shape index (κ1) is 23.4. The van der Waals surface area contributed by atoms with Crippen LogP contribution in [0.5, 0.6) is 0 Å². The number of fused-ring (bicyclic) bond motifs is 3. The maximum atomic E-state index is 11.8. The maximum Gasteiger partial charge on any atom is 1.00 e. The molecule has 27 heavy (non-hydrogen) atoms. The van der Waals surface area contributed by atoms with E-state index in [1.54, 1.807) is 0 Å². The largest absolute Gasteiger partial charge is 1.00 e. The summed E-state index contributed by atoms with van der Waals surface area (Å²) in [4.78, 5) is 11.8. The summed E-state index contributed by atoms with van der Waals surface area (Å²) >= 11 is 0. The predicted octanol–water partition coefficient (Wildman–Crippen LogP) is 1.77. The maximum absolute atomic E-state index is 11.8. The molecular weight excluding hydrogens is 548 g/mol. The van der Waals surface area contributed by atoms with Crippen molar-refractivity contribution >= 4 is 5.97 Å². The summed E-state index contributed by atoms with van der Waals surface area (Å²) in [6, 6.07) is 0. The fourth-order valence-corrected chi connectivity index (χ4v) is 5.91. The van der Waals surface area contributed by atoms with E-state index >= 15 is 0 Å². The van der Waals surface area contributed by atoms with E-state index in [0.717, 1.165) is 32.1 Å². The van der Waals surface area contributed by atoms with Crippen molar-refractivity contribution in [1.29, 1.82) is 0 Å². The molecule has 4 aliphatic rings. The minimum absolute atomic E-state index is 0. The van der Waals surface area contributed by atoms with Crippen molar-refractivity contribution < 1.29 is 54.3 Å². The van der Waals surface area contributed by atoms with Crippen LogP contribution in [-0.2, 0) is 41.9 Å². The van der Waals surface area contributed by atoms with Crippen LogP contribution in [-0.4, -0.2) is 23.3 Å². The summed E-state index contributed by atoms with van der Waals surface area (Å²) in [5.74, 6) is 0.445. The average Bonchev–Trinajstić information content (AvgIpc) is 2.88. The van der Waals surface area contributed by atoms with Crippen LogP contribution in [0.25, 0.3) is 0 Å². The van der Waals surface area contributed by atoms with Gasteiger partial charge in [0.1, 0.15) is 17.3 Å². The zero-order valence-electron chi connectivity index (χ0n) is 17.4. The Labute approximate surface area is 190 Å². The van der Waals surface area contributed by atoms with Crippen molar-refractivity contribution in [1.82, 2.24) is 0 Å². The number of rotatable bonds is 1. The zero-order chi connectivity index (χ0) is 18.2. The van der Waals surface area contributed by atoms with Gasteiger partial charge in [0.25, 0.3) is 0 Å². The van der Waals surface area contributed by atoms with E-state index < -0.39 is 5.60 Å². The van der Waals surface area contributed by atoms with E-state index in [9.17, 15) is 4.79 Å². The van der Waals surface area contributed by atoms with Crippen LogP contribution in [0.2, 0.25) is 0 Å². The first-order valence-electron chi connectivity index (χ1n) is 9.73. The van der Waals surface area contributed by atoms with E-state index in [4.69, 9.17) is 9.47 Å². The van der Waals surface area contributed by atoms with Gasteiger partial charge in [0.15, 0.2) is 0 Å². The van der Waals surface area contributed by atoms with Crippen molar-refractivity contribution in [3.8, 4) is 0 Å². The molecule has 5 heteroatoms. The second kappa shape index (κ2) is 7.43. The van der Waals surface area contributed by atoms with E-state index in [-0.39, 0.29) is 63.2 Å². The number of carbonyl (C=O) groups is 1. The van der Waals surface area contributed by atoms with Gasteiger partial charge in [-0.1, -0.05) is 25.0 Å². The first-order valence-corrected chi connectivity index (χ1v) is 9.73. The van der Waals surface area contributed by atoms with Gasteiger partial charge in [-0.15, -0.1) is 0 Å². The summed E-state index contributed by atoms with van der Waals surface area (Å²) in [5, 5.41) is 0. The molecule has 2 fully saturated rings. The summed E-state index contributed by atoms with van der Waals surface area (Å²) in [5.41, 5.74) is 3.40. The third kappa shape index (κ3) is 3.19. The van der Waals surface area contributed by atoms with E-state index in [0.29, 0.717) is 11.8 Å². The fraction of sp³-hybridized carbons (Fsp3) is 0.727. The van der Waals surface area contributed by atoms with Crippen molar-refractivity contribution in [3.63, 3.8) is 0 Å². The SMILES string of the molecule is [CH2][C@H]1CCC2C1=C[C@]13O[C@@]2(C)[C@H](OC(C)=O)CC1=C(C)CCC3(C)C.[Cl-].[Hg+]. The van der Waals surface area contributed by atoms with Gasteiger partial charge in [-0.3, -0.25) is 4.79 Å². The van der Waals surface area contributed by atoms with Crippen molar-refractivity contribution in [2.45, 2.75) is 84.0 Å². The van der Waals surface area contributed by atoms with E-state index in [1.165, 1.54) is 23.6 Å². The second-order valence-corrected chi connectivity index (χ2v) is 9.44. The third-order valence-corrected chi connectivity index (χ3v) is 7.55. The summed E-state index contributed by atoms with van der Waals surface area (Å²) < 4.78 is 12.9. The molecular formula is C22H31ClHgO3. The summed E-state index contributed by atoms with van der Waals surface area (Å²) in [7, 11) is 0. The van der Waals surface area contributed by atoms with Gasteiger partial charge >= 0.3 is 33.6 Å². The van der Waals surface area contributed by atoms with E-state index in [2.05, 4.69) is 40.7 Å².